The first kappa shape index (κ1) is 20.0. The lowest BCUT2D eigenvalue weighted by molar-refractivity contribution is 0.0951. The number of nitrogens with one attached hydrogen (secondary N) is 1. The molecule has 2 aromatic rings. The van der Waals surface area contributed by atoms with Gasteiger partial charge in [0.1, 0.15) is 0 Å². The zero-order valence-electron chi connectivity index (χ0n) is 15.6. The van der Waals surface area contributed by atoms with Crippen molar-refractivity contribution in [1.82, 2.24) is 14.5 Å². The van der Waals surface area contributed by atoms with Gasteiger partial charge in [-0.1, -0.05) is 18.2 Å². The molecule has 0 radical (unpaired) electrons. The quantitative estimate of drug-likeness (QED) is 0.822. The lowest BCUT2D eigenvalue weighted by atomic mass is 10.1. The van der Waals surface area contributed by atoms with Crippen LogP contribution in [0.4, 0.5) is 0 Å². The summed E-state index contributed by atoms with van der Waals surface area (Å²) in [6.07, 6.45) is 0. The molecule has 1 amide bonds. The molecule has 7 nitrogen and oxygen atoms in total. The molecule has 1 aliphatic heterocycles. The number of carbonyl (C=O) groups is 1. The van der Waals surface area contributed by atoms with Gasteiger partial charge in [0.05, 0.1) is 16.5 Å². The molecule has 1 N–H and O–H groups in total. The summed E-state index contributed by atoms with van der Waals surface area (Å²) < 4.78 is 27.0. The van der Waals surface area contributed by atoms with E-state index in [0.717, 1.165) is 18.7 Å². The standard InChI is InChI=1S/C20H22N4O3S/c1-23-9-11-24(12-10-23)28(26,27)19-7-5-16(6-8-19)15-22-20(25)18-4-2-3-17(13-18)14-21/h2-8,13H,9-12,15H2,1H3,(H,22,25). The first-order valence-corrected chi connectivity index (χ1v) is 10.4. The first-order valence-electron chi connectivity index (χ1n) is 8.96. The maximum atomic E-state index is 12.7. The molecule has 1 saturated heterocycles. The van der Waals surface area contributed by atoms with Gasteiger partial charge in [0.2, 0.25) is 10.0 Å². The molecule has 8 heteroatoms. The van der Waals surface area contributed by atoms with Crippen molar-refractivity contribution >= 4 is 15.9 Å². The minimum atomic E-state index is -3.50. The minimum Gasteiger partial charge on any atom is -0.348 e. The number of hydrogen-bond donors (Lipinski definition) is 1. The summed E-state index contributed by atoms with van der Waals surface area (Å²) in [5, 5.41) is 11.7. The summed E-state index contributed by atoms with van der Waals surface area (Å²) >= 11 is 0. The molecule has 0 spiro atoms. The van der Waals surface area contributed by atoms with Gasteiger partial charge in [-0.05, 0) is 42.9 Å². The largest absolute Gasteiger partial charge is 0.348 e. The molecule has 0 aromatic heterocycles. The van der Waals surface area contributed by atoms with Crippen LogP contribution in [0.3, 0.4) is 0 Å². The lowest BCUT2D eigenvalue weighted by Crippen LogP contribution is -2.47. The second kappa shape index (κ2) is 8.52. The number of nitriles is 1. The molecule has 28 heavy (non-hydrogen) atoms. The van der Waals surface area contributed by atoms with Gasteiger partial charge in [0.25, 0.3) is 5.91 Å². The number of nitrogens with zero attached hydrogens (tertiary/aromatic N) is 3. The van der Waals surface area contributed by atoms with Crippen molar-refractivity contribution in [2.45, 2.75) is 11.4 Å². The van der Waals surface area contributed by atoms with Gasteiger partial charge >= 0.3 is 0 Å². The van der Waals surface area contributed by atoms with Crippen molar-refractivity contribution in [3.05, 3.63) is 65.2 Å². The average molecular weight is 398 g/mol. The normalized spacial score (nSPS) is 15.7. The minimum absolute atomic E-state index is 0.258. The Balaban J connectivity index is 1.63. The van der Waals surface area contributed by atoms with Gasteiger partial charge < -0.3 is 10.2 Å². The maximum Gasteiger partial charge on any atom is 0.251 e. The van der Waals surface area contributed by atoms with Gasteiger partial charge in [-0.3, -0.25) is 4.79 Å². The van der Waals surface area contributed by atoms with E-state index < -0.39 is 10.0 Å². The first-order chi connectivity index (χ1) is 13.4. The summed E-state index contributed by atoms with van der Waals surface area (Å²) in [6.45, 7) is 2.67. The number of piperazine rings is 1. The van der Waals surface area contributed by atoms with Crippen LogP contribution >= 0.6 is 0 Å². The smallest absolute Gasteiger partial charge is 0.251 e. The SMILES string of the molecule is CN1CCN(S(=O)(=O)c2ccc(CNC(=O)c3cccc(C#N)c3)cc2)CC1. The Hall–Kier alpha value is -2.73. The molecule has 0 aliphatic carbocycles. The van der Waals surface area contributed by atoms with Crippen LogP contribution in [0.5, 0.6) is 0 Å². The second-order valence-corrected chi connectivity index (χ2v) is 8.66. The molecular weight excluding hydrogens is 376 g/mol. The number of likely N-dealkylation sites (N-methyl/N-ethyl adjacent to an activating group) is 1. The highest BCUT2D eigenvalue weighted by molar-refractivity contribution is 7.89. The number of sulfonamides is 1. The highest BCUT2D eigenvalue weighted by atomic mass is 32.2. The van der Waals surface area contributed by atoms with Crippen molar-refractivity contribution in [2.75, 3.05) is 33.2 Å². The van der Waals surface area contributed by atoms with Crippen LogP contribution in [-0.2, 0) is 16.6 Å². The van der Waals surface area contributed by atoms with Crippen LogP contribution in [0.2, 0.25) is 0 Å². The van der Waals surface area contributed by atoms with Crippen molar-refractivity contribution < 1.29 is 13.2 Å². The van der Waals surface area contributed by atoms with E-state index in [4.69, 9.17) is 5.26 Å². The van der Waals surface area contributed by atoms with E-state index >= 15 is 0 Å². The van der Waals surface area contributed by atoms with Gasteiger partial charge in [-0.2, -0.15) is 9.57 Å². The fraction of sp³-hybridized carbons (Fsp3) is 0.300. The second-order valence-electron chi connectivity index (χ2n) is 6.73. The summed E-state index contributed by atoms with van der Waals surface area (Å²) in [5.74, 6) is -0.286. The highest BCUT2D eigenvalue weighted by Crippen LogP contribution is 2.18. The highest BCUT2D eigenvalue weighted by Gasteiger charge is 2.27. The predicted octanol–water partition coefficient (Wildman–Crippen LogP) is 1.42. The molecule has 2 aromatic carbocycles. The van der Waals surface area contributed by atoms with E-state index in [9.17, 15) is 13.2 Å². The van der Waals surface area contributed by atoms with Crippen LogP contribution in [0, 0.1) is 11.3 Å². The summed E-state index contributed by atoms with van der Waals surface area (Å²) in [7, 11) is -1.52. The fourth-order valence-corrected chi connectivity index (χ4v) is 4.39. The van der Waals surface area contributed by atoms with Crippen LogP contribution in [-0.4, -0.2) is 56.8 Å². The molecule has 0 unspecified atom stereocenters. The van der Waals surface area contributed by atoms with E-state index in [1.807, 2.05) is 13.1 Å². The van der Waals surface area contributed by atoms with Crippen molar-refractivity contribution in [3.63, 3.8) is 0 Å². The van der Waals surface area contributed by atoms with E-state index in [2.05, 4.69) is 10.2 Å². The van der Waals surface area contributed by atoms with Crippen LogP contribution < -0.4 is 5.32 Å². The van der Waals surface area contributed by atoms with E-state index in [0.29, 0.717) is 24.2 Å². The Morgan fingerprint density at radius 3 is 2.43 bits per heavy atom. The zero-order valence-corrected chi connectivity index (χ0v) is 16.4. The summed E-state index contributed by atoms with van der Waals surface area (Å²) in [4.78, 5) is 14.6. The Morgan fingerprint density at radius 2 is 1.79 bits per heavy atom. The number of benzene rings is 2. The molecule has 1 heterocycles. The van der Waals surface area contributed by atoms with Gasteiger partial charge in [-0.15, -0.1) is 0 Å². The van der Waals surface area contributed by atoms with Gasteiger partial charge in [-0.25, -0.2) is 8.42 Å². The van der Waals surface area contributed by atoms with Crippen molar-refractivity contribution in [1.29, 1.82) is 5.26 Å². The molecule has 0 atom stereocenters. The summed E-state index contributed by atoms with van der Waals surface area (Å²) in [5.41, 5.74) is 1.63. The van der Waals surface area contributed by atoms with Crippen LogP contribution in [0.25, 0.3) is 0 Å². The molecule has 0 saturated carbocycles. The van der Waals surface area contributed by atoms with E-state index in [-0.39, 0.29) is 17.3 Å². The molecule has 1 fully saturated rings. The van der Waals surface area contributed by atoms with Crippen LogP contribution in [0.1, 0.15) is 21.5 Å². The molecular formula is C20H22N4O3S. The molecule has 0 bridgehead atoms. The monoisotopic (exact) mass is 398 g/mol. The Labute approximate surface area is 165 Å². The third-order valence-corrected chi connectivity index (χ3v) is 6.64. The number of amides is 1. The van der Waals surface area contributed by atoms with Gasteiger partial charge in [0.15, 0.2) is 0 Å². The van der Waals surface area contributed by atoms with Crippen LogP contribution in [0.15, 0.2) is 53.4 Å². The number of rotatable bonds is 5. The Kier molecular flexibility index (Phi) is 6.09. The predicted molar refractivity (Wildman–Crippen MR) is 105 cm³/mol. The average Bonchev–Trinajstić information content (AvgIpc) is 2.72. The Morgan fingerprint density at radius 1 is 1.11 bits per heavy atom. The third-order valence-electron chi connectivity index (χ3n) is 4.73. The third kappa shape index (κ3) is 4.57. The van der Waals surface area contributed by atoms with Crippen molar-refractivity contribution in [3.8, 4) is 6.07 Å². The molecule has 1 aliphatic rings. The molecule has 3 rings (SSSR count). The van der Waals surface area contributed by atoms with Gasteiger partial charge in [0, 0.05) is 38.3 Å². The van der Waals surface area contributed by atoms with E-state index in [1.165, 1.54) is 10.4 Å². The molecule has 146 valence electrons. The zero-order chi connectivity index (χ0) is 20.1. The maximum absolute atomic E-state index is 12.7. The van der Waals surface area contributed by atoms with E-state index in [1.54, 1.807) is 42.5 Å². The topological polar surface area (TPSA) is 93.5 Å². The number of carbonyl (C=O) groups excluding carboxylic acids is 1. The number of hydrogen-bond acceptors (Lipinski definition) is 5. The summed E-state index contributed by atoms with van der Waals surface area (Å²) in [6, 6.07) is 15.0. The fourth-order valence-electron chi connectivity index (χ4n) is 2.97. The van der Waals surface area contributed by atoms with Crippen molar-refractivity contribution in [2.24, 2.45) is 0 Å². The lowest BCUT2D eigenvalue weighted by Gasteiger charge is -2.31. The Bertz CT molecular complexity index is 989.